The minimum Gasteiger partial charge on any atom is -0.480 e. The fourth-order valence-electron chi connectivity index (χ4n) is 2.17. The van der Waals surface area contributed by atoms with Gasteiger partial charge in [-0.1, -0.05) is 0 Å². The monoisotopic (exact) mass is 494 g/mol. The van der Waals surface area contributed by atoms with E-state index in [0.717, 1.165) is 0 Å². The molecule has 0 aromatic carbocycles. The molecule has 1 amide bonds. The Labute approximate surface area is 176 Å². The molecule has 0 aliphatic rings. The summed E-state index contributed by atoms with van der Waals surface area (Å²) in [5.74, 6) is -3.26. The molecule has 0 radical (unpaired) electrons. The van der Waals surface area contributed by atoms with Crippen molar-refractivity contribution in [3.8, 4) is 0 Å². The zero-order valence-corrected chi connectivity index (χ0v) is 18.1. The molecule has 0 saturated carbocycles. The summed E-state index contributed by atoms with van der Waals surface area (Å²) >= 11 is 0. The fourth-order valence-corrected chi connectivity index (χ4v) is 4.33. The van der Waals surface area contributed by atoms with Gasteiger partial charge in [-0.05, 0) is 0 Å². The highest BCUT2D eigenvalue weighted by Crippen LogP contribution is 2.68. The highest BCUT2D eigenvalue weighted by Gasteiger charge is 2.58. The van der Waals surface area contributed by atoms with E-state index in [4.69, 9.17) is 29.8 Å². The number of carbonyl (C=O) groups excluding carboxylic acids is 1. The predicted octanol–water partition coefficient (Wildman–Crippen LogP) is -3.81. The normalized spacial score (nSPS) is 13.6. The van der Waals surface area contributed by atoms with Gasteiger partial charge in [0.15, 0.2) is 0 Å². The van der Waals surface area contributed by atoms with Crippen LogP contribution in [0.2, 0.25) is 0 Å². The van der Waals surface area contributed by atoms with E-state index in [1.165, 1.54) is 0 Å². The lowest BCUT2D eigenvalue weighted by Crippen LogP contribution is -2.44. The molecule has 0 aliphatic carbocycles. The summed E-state index contributed by atoms with van der Waals surface area (Å²) in [7, 11) is -11.3. The number of hydrogen-bond donors (Lipinski definition) is 11. The van der Waals surface area contributed by atoms with Crippen LogP contribution in [0.5, 0.6) is 0 Å². The molecule has 0 bridgehead atoms. The second-order valence-corrected chi connectivity index (χ2v) is 10.3. The highest BCUT2D eigenvalue weighted by atomic mass is 31.2. The van der Waals surface area contributed by atoms with Crippen LogP contribution >= 0.6 is 15.2 Å². The molecule has 11 N–H and O–H groups in total. The van der Waals surface area contributed by atoms with E-state index in [0.29, 0.717) is 19.6 Å². The maximum atomic E-state index is 11.8. The van der Waals surface area contributed by atoms with Gasteiger partial charge in [-0.25, -0.2) is 0 Å². The maximum Gasteiger partial charge on any atom is 0.369 e. The Hall–Kier alpha value is -1.45. The van der Waals surface area contributed by atoms with Crippen LogP contribution in [-0.2, 0) is 23.5 Å². The number of aliphatic hydroxyl groups is 1. The number of carbonyl (C=O) groups is 3. The second kappa shape index (κ2) is 13.2. The Balaban J connectivity index is 4.40. The zero-order valence-electron chi connectivity index (χ0n) is 16.3. The van der Waals surface area contributed by atoms with E-state index < -0.39 is 63.5 Å². The van der Waals surface area contributed by atoms with Crippen LogP contribution in [0.25, 0.3) is 0 Å². The molecule has 0 heterocycles. The Morgan fingerprint density at radius 3 is 1.84 bits per heavy atom. The summed E-state index contributed by atoms with van der Waals surface area (Å²) in [4.78, 5) is 69.4. The molecule has 18 heteroatoms. The predicted molar refractivity (Wildman–Crippen MR) is 104 cm³/mol. The number of nitrogens with one attached hydrogen (secondary N) is 4. The summed E-state index contributed by atoms with van der Waals surface area (Å²) in [5, 5.41) is 33.7. The summed E-state index contributed by atoms with van der Waals surface area (Å²) in [6.45, 7) is 0.289. The van der Waals surface area contributed by atoms with Crippen molar-refractivity contribution in [2.24, 2.45) is 0 Å². The van der Waals surface area contributed by atoms with Gasteiger partial charge in [0.25, 0.3) is 5.08 Å². The van der Waals surface area contributed by atoms with Crippen LogP contribution in [0, 0.1) is 0 Å². The maximum absolute atomic E-state index is 11.8. The van der Waals surface area contributed by atoms with Crippen LogP contribution < -0.4 is 21.3 Å². The van der Waals surface area contributed by atoms with Crippen LogP contribution in [0.15, 0.2) is 0 Å². The van der Waals surface area contributed by atoms with Gasteiger partial charge >= 0.3 is 27.1 Å². The molecule has 1 atom stereocenters. The molecule has 182 valence electrons. The SMILES string of the molecule is O=C(O)CNCCNCCNC(CC(=O)NCCC(O)(P(=O)(O)O)P(=O)(O)O)C(=O)O. The summed E-state index contributed by atoms with van der Waals surface area (Å²) in [6.07, 6.45) is -1.77. The van der Waals surface area contributed by atoms with Crippen LogP contribution in [0.1, 0.15) is 12.8 Å². The molecule has 0 aliphatic heterocycles. The molecule has 0 rings (SSSR count). The molecular weight excluding hydrogens is 466 g/mol. The van der Waals surface area contributed by atoms with Crippen molar-refractivity contribution in [2.45, 2.75) is 24.0 Å². The minimum atomic E-state index is -5.65. The quantitative estimate of drug-likeness (QED) is 0.0683. The lowest BCUT2D eigenvalue weighted by atomic mass is 10.2. The number of carboxylic acid groups (broad SMARTS) is 2. The van der Waals surface area contributed by atoms with Crippen molar-refractivity contribution >= 4 is 33.0 Å². The van der Waals surface area contributed by atoms with Gasteiger partial charge in [0.2, 0.25) is 5.91 Å². The lowest BCUT2D eigenvalue weighted by Gasteiger charge is -2.29. The third kappa shape index (κ3) is 11.1. The molecule has 0 spiro atoms. The molecule has 1 unspecified atom stereocenters. The molecule has 0 saturated heterocycles. The van der Waals surface area contributed by atoms with Gasteiger partial charge in [-0.3, -0.25) is 23.5 Å². The van der Waals surface area contributed by atoms with Gasteiger partial charge in [0.1, 0.15) is 6.04 Å². The van der Waals surface area contributed by atoms with Gasteiger partial charge in [0, 0.05) is 39.1 Å². The Kier molecular flexibility index (Phi) is 12.6. The Morgan fingerprint density at radius 1 is 0.839 bits per heavy atom. The third-order valence-corrected chi connectivity index (χ3v) is 7.73. The number of amides is 1. The molecule has 0 aromatic rings. The Bertz CT molecular complexity index is 687. The zero-order chi connectivity index (χ0) is 24.3. The smallest absolute Gasteiger partial charge is 0.369 e. The first kappa shape index (κ1) is 29.5. The number of aliphatic carboxylic acids is 2. The topological polar surface area (TPSA) is 275 Å². The Morgan fingerprint density at radius 2 is 1.35 bits per heavy atom. The van der Waals surface area contributed by atoms with E-state index in [1.807, 2.05) is 5.32 Å². The molecular formula is C13H28N4O12P2. The average Bonchev–Trinajstić information content (AvgIpc) is 2.60. The van der Waals surface area contributed by atoms with Crippen molar-refractivity contribution in [1.82, 2.24) is 21.3 Å². The van der Waals surface area contributed by atoms with Gasteiger partial charge < -0.3 is 56.2 Å². The largest absolute Gasteiger partial charge is 0.480 e. The summed E-state index contributed by atoms with van der Waals surface area (Å²) in [5.41, 5.74) is 0. The molecule has 0 fully saturated rings. The standard InChI is InChI=1S/C13H28N4O12P2/c18-10(17-2-1-13(23,30(24,25)26)31(27,28)29)7-9(12(21)22)16-6-5-14-3-4-15-8-11(19)20/h9,14-16,23H,1-8H2,(H,17,18)(H,19,20)(H,21,22)(H2,24,25,26)(H2,27,28,29). The third-order valence-electron chi connectivity index (χ3n) is 3.85. The molecule has 16 nitrogen and oxygen atoms in total. The summed E-state index contributed by atoms with van der Waals surface area (Å²) < 4.78 is 22.4. The van der Waals surface area contributed by atoms with Crippen molar-refractivity contribution in [2.75, 3.05) is 39.3 Å². The van der Waals surface area contributed by atoms with E-state index >= 15 is 0 Å². The fraction of sp³-hybridized carbons (Fsp3) is 0.769. The van der Waals surface area contributed by atoms with Crippen molar-refractivity contribution in [3.63, 3.8) is 0 Å². The second-order valence-electron chi connectivity index (χ2n) is 6.33. The molecule has 31 heavy (non-hydrogen) atoms. The molecule has 0 aromatic heterocycles. The van der Waals surface area contributed by atoms with E-state index in [1.54, 1.807) is 0 Å². The van der Waals surface area contributed by atoms with Gasteiger partial charge in [-0.15, -0.1) is 0 Å². The van der Waals surface area contributed by atoms with Crippen LogP contribution in [0.3, 0.4) is 0 Å². The van der Waals surface area contributed by atoms with Crippen LogP contribution in [0.4, 0.5) is 0 Å². The van der Waals surface area contributed by atoms with Crippen LogP contribution in [-0.4, -0.2) is 103 Å². The first-order valence-electron chi connectivity index (χ1n) is 8.81. The number of hydrogen-bond acceptors (Lipinski definition) is 9. The van der Waals surface area contributed by atoms with E-state index in [9.17, 15) is 28.6 Å². The first-order valence-corrected chi connectivity index (χ1v) is 12.0. The summed E-state index contributed by atoms with van der Waals surface area (Å²) in [6, 6.07) is -1.32. The van der Waals surface area contributed by atoms with Crippen molar-refractivity contribution < 1.29 is 58.4 Å². The van der Waals surface area contributed by atoms with Gasteiger partial charge in [0.05, 0.1) is 13.0 Å². The number of rotatable bonds is 17. The van der Waals surface area contributed by atoms with Crippen molar-refractivity contribution in [3.05, 3.63) is 0 Å². The minimum absolute atomic E-state index is 0.138. The van der Waals surface area contributed by atoms with E-state index in [-0.39, 0.29) is 13.1 Å². The van der Waals surface area contributed by atoms with Crippen molar-refractivity contribution in [1.29, 1.82) is 0 Å². The first-order chi connectivity index (χ1) is 14.1. The van der Waals surface area contributed by atoms with E-state index in [2.05, 4.69) is 16.0 Å². The highest BCUT2D eigenvalue weighted by molar-refractivity contribution is 7.72. The lowest BCUT2D eigenvalue weighted by molar-refractivity contribution is -0.141. The van der Waals surface area contributed by atoms with Gasteiger partial charge in [-0.2, -0.15) is 0 Å². The number of carboxylic acids is 2. The average molecular weight is 494 g/mol.